The van der Waals surface area contributed by atoms with Crippen molar-refractivity contribution in [1.82, 2.24) is 9.21 Å². The van der Waals surface area contributed by atoms with Crippen LogP contribution in [0, 0.1) is 0 Å². The molecule has 2 aromatic carbocycles. The van der Waals surface area contributed by atoms with Crippen molar-refractivity contribution in [2.45, 2.75) is 11.8 Å². The van der Waals surface area contributed by atoms with Gasteiger partial charge in [0.25, 0.3) is 0 Å². The number of hydrogen-bond acceptors (Lipinski definition) is 3. The number of likely N-dealkylation sites (N-methyl/N-ethyl adjacent to an activating group) is 1. The molecule has 0 amide bonds. The number of piperazine rings is 1. The first kappa shape index (κ1) is 15.9. The highest BCUT2D eigenvalue weighted by atomic mass is 79.9. The number of fused-ring (bicyclic) bond motifs is 1. The van der Waals surface area contributed by atoms with Crippen LogP contribution in [-0.4, -0.2) is 50.3 Å². The van der Waals surface area contributed by atoms with Crippen molar-refractivity contribution in [2.24, 2.45) is 0 Å². The van der Waals surface area contributed by atoms with E-state index in [1.165, 1.54) is 0 Å². The normalized spacial score (nSPS) is 17.9. The number of benzene rings is 2. The summed E-state index contributed by atoms with van der Waals surface area (Å²) in [5.74, 6) is 0. The Kier molecular flexibility index (Phi) is 4.54. The second-order valence-electron chi connectivity index (χ2n) is 5.43. The first-order valence-electron chi connectivity index (χ1n) is 7.44. The van der Waals surface area contributed by atoms with E-state index in [1.807, 2.05) is 30.3 Å². The van der Waals surface area contributed by atoms with Crippen LogP contribution in [0.2, 0.25) is 0 Å². The van der Waals surface area contributed by atoms with Gasteiger partial charge in [0.15, 0.2) is 0 Å². The summed E-state index contributed by atoms with van der Waals surface area (Å²) in [6.45, 7) is 5.77. The summed E-state index contributed by atoms with van der Waals surface area (Å²) in [6.07, 6.45) is 0. The molecule has 1 aliphatic rings. The molecule has 3 rings (SSSR count). The van der Waals surface area contributed by atoms with Gasteiger partial charge in [-0.05, 0) is 24.1 Å². The monoisotopic (exact) mass is 382 g/mol. The van der Waals surface area contributed by atoms with E-state index in [0.717, 1.165) is 34.9 Å². The Labute approximate surface area is 139 Å². The molecule has 0 saturated carbocycles. The number of halogens is 1. The van der Waals surface area contributed by atoms with E-state index in [-0.39, 0.29) is 0 Å². The van der Waals surface area contributed by atoms with Crippen LogP contribution in [0.1, 0.15) is 6.92 Å². The van der Waals surface area contributed by atoms with E-state index in [0.29, 0.717) is 18.0 Å². The fraction of sp³-hybridized carbons (Fsp3) is 0.375. The van der Waals surface area contributed by atoms with E-state index >= 15 is 0 Å². The summed E-state index contributed by atoms with van der Waals surface area (Å²) in [5, 5.41) is 1.70. The standard InChI is InChI=1S/C16H19BrN2O2S/c1-2-18-9-11-19(12-10-18)22(20,21)16-8-7-15(17)13-5-3-4-6-14(13)16/h3-8H,2,9-12H2,1H3. The SMILES string of the molecule is CCN1CCN(S(=O)(=O)c2ccc(Br)c3ccccc23)CC1. The molecule has 22 heavy (non-hydrogen) atoms. The Morgan fingerprint density at radius 2 is 1.64 bits per heavy atom. The number of nitrogens with zero attached hydrogens (tertiary/aromatic N) is 2. The minimum atomic E-state index is -3.45. The predicted octanol–water partition coefficient (Wildman–Crippen LogP) is 2.93. The van der Waals surface area contributed by atoms with E-state index in [4.69, 9.17) is 0 Å². The van der Waals surface area contributed by atoms with Gasteiger partial charge < -0.3 is 4.90 Å². The van der Waals surface area contributed by atoms with Gasteiger partial charge in [-0.2, -0.15) is 4.31 Å². The summed E-state index contributed by atoms with van der Waals surface area (Å²) in [5.41, 5.74) is 0. The lowest BCUT2D eigenvalue weighted by Crippen LogP contribution is -2.48. The molecule has 0 radical (unpaired) electrons. The highest BCUT2D eigenvalue weighted by molar-refractivity contribution is 9.10. The lowest BCUT2D eigenvalue weighted by molar-refractivity contribution is 0.196. The molecule has 0 spiro atoms. The van der Waals surface area contributed by atoms with Gasteiger partial charge in [-0.25, -0.2) is 8.42 Å². The maximum atomic E-state index is 13.0. The first-order valence-corrected chi connectivity index (χ1v) is 9.67. The molecule has 1 saturated heterocycles. The zero-order chi connectivity index (χ0) is 15.7. The van der Waals surface area contributed by atoms with Crippen molar-refractivity contribution < 1.29 is 8.42 Å². The van der Waals surface area contributed by atoms with Crippen LogP contribution >= 0.6 is 15.9 Å². The molecule has 2 aromatic rings. The van der Waals surface area contributed by atoms with Crippen LogP contribution in [0.25, 0.3) is 10.8 Å². The highest BCUT2D eigenvalue weighted by Gasteiger charge is 2.29. The molecule has 1 aliphatic heterocycles. The van der Waals surface area contributed by atoms with Crippen molar-refractivity contribution in [1.29, 1.82) is 0 Å². The molecule has 0 aliphatic carbocycles. The summed E-state index contributed by atoms with van der Waals surface area (Å²) in [6, 6.07) is 11.1. The second kappa shape index (κ2) is 6.28. The molecule has 1 heterocycles. The molecule has 0 atom stereocenters. The number of rotatable bonds is 3. The summed E-state index contributed by atoms with van der Waals surface area (Å²) < 4.78 is 28.5. The third kappa shape index (κ3) is 2.80. The third-order valence-electron chi connectivity index (χ3n) is 4.23. The molecule has 1 fully saturated rings. The topological polar surface area (TPSA) is 40.6 Å². The smallest absolute Gasteiger partial charge is 0.243 e. The van der Waals surface area contributed by atoms with E-state index in [1.54, 1.807) is 10.4 Å². The van der Waals surface area contributed by atoms with Gasteiger partial charge in [0, 0.05) is 36.0 Å². The molecule has 0 unspecified atom stereocenters. The molecule has 0 aromatic heterocycles. The van der Waals surface area contributed by atoms with Gasteiger partial charge in [0.2, 0.25) is 10.0 Å². The van der Waals surface area contributed by atoms with Crippen LogP contribution in [-0.2, 0) is 10.0 Å². The third-order valence-corrected chi connectivity index (χ3v) is 6.88. The zero-order valence-electron chi connectivity index (χ0n) is 12.5. The largest absolute Gasteiger partial charge is 0.301 e. The highest BCUT2D eigenvalue weighted by Crippen LogP contribution is 2.31. The lowest BCUT2D eigenvalue weighted by atomic mass is 10.1. The molecular weight excluding hydrogens is 364 g/mol. The summed E-state index contributed by atoms with van der Waals surface area (Å²) in [4.78, 5) is 2.67. The first-order chi connectivity index (χ1) is 10.5. The van der Waals surface area contributed by atoms with Crippen LogP contribution in [0.3, 0.4) is 0 Å². The Bertz CT molecular complexity index is 784. The quantitative estimate of drug-likeness (QED) is 0.819. The molecule has 0 N–H and O–H groups in total. The molecule has 4 nitrogen and oxygen atoms in total. The van der Waals surface area contributed by atoms with Crippen LogP contribution in [0.4, 0.5) is 0 Å². The molecule has 0 bridgehead atoms. The van der Waals surface area contributed by atoms with Crippen LogP contribution in [0.15, 0.2) is 45.8 Å². The summed E-state index contributed by atoms with van der Waals surface area (Å²) in [7, 11) is -3.45. The van der Waals surface area contributed by atoms with Crippen LogP contribution in [0.5, 0.6) is 0 Å². The van der Waals surface area contributed by atoms with E-state index < -0.39 is 10.0 Å². The fourth-order valence-corrected chi connectivity index (χ4v) is 4.98. The summed E-state index contributed by atoms with van der Waals surface area (Å²) >= 11 is 3.50. The van der Waals surface area contributed by atoms with Gasteiger partial charge in [0.1, 0.15) is 0 Å². The molecule has 6 heteroatoms. The minimum Gasteiger partial charge on any atom is -0.301 e. The van der Waals surface area contributed by atoms with E-state index in [2.05, 4.69) is 27.8 Å². The van der Waals surface area contributed by atoms with Crippen molar-refractivity contribution in [3.05, 3.63) is 40.9 Å². The van der Waals surface area contributed by atoms with Gasteiger partial charge in [0.05, 0.1) is 4.90 Å². The van der Waals surface area contributed by atoms with E-state index in [9.17, 15) is 8.42 Å². The van der Waals surface area contributed by atoms with Gasteiger partial charge in [-0.15, -0.1) is 0 Å². The lowest BCUT2D eigenvalue weighted by Gasteiger charge is -2.33. The minimum absolute atomic E-state index is 0.399. The van der Waals surface area contributed by atoms with Crippen molar-refractivity contribution >= 4 is 36.7 Å². The average molecular weight is 383 g/mol. The predicted molar refractivity (Wildman–Crippen MR) is 92.5 cm³/mol. The Hall–Kier alpha value is -0.950. The Balaban J connectivity index is 2.02. The molecule has 118 valence electrons. The Morgan fingerprint density at radius 1 is 1.00 bits per heavy atom. The maximum Gasteiger partial charge on any atom is 0.243 e. The van der Waals surface area contributed by atoms with Gasteiger partial charge >= 0.3 is 0 Å². The van der Waals surface area contributed by atoms with Crippen molar-refractivity contribution in [2.75, 3.05) is 32.7 Å². The number of hydrogen-bond donors (Lipinski definition) is 0. The zero-order valence-corrected chi connectivity index (χ0v) is 14.9. The number of sulfonamides is 1. The average Bonchev–Trinajstić information content (AvgIpc) is 2.55. The Morgan fingerprint density at radius 3 is 2.27 bits per heavy atom. The van der Waals surface area contributed by atoms with Gasteiger partial charge in [-0.3, -0.25) is 0 Å². The van der Waals surface area contributed by atoms with Crippen molar-refractivity contribution in [3.63, 3.8) is 0 Å². The van der Waals surface area contributed by atoms with Gasteiger partial charge in [-0.1, -0.05) is 47.1 Å². The van der Waals surface area contributed by atoms with Crippen molar-refractivity contribution in [3.8, 4) is 0 Å². The molecular formula is C16H19BrN2O2S. The maximum absolute atomic E-state index is 13.0. The van der Waals surface area contributed by atoms with Crippen LogP contribution < -0.4 is 0 Å². The fourth-order valence-electron chi connectivity index (χ4n) is 2.88. The second-order valence-corrected chi connectivity index (χ2v) is 8.19.